The molecule has 0 aromatic rings. The van der Waals surface area contributed by atoms with Crippen LogP contribution in [0.1, 0.15) is 20.8 Å². The molecular formula is C10H18N2O. The summed E-state index contributed by atoms with van der Waals surface area (Å²) < 4.78 is 0. The number of carbonyl (C=O) groups is 1. The molecule has 0 aromatic heterocycles. The first-order chi connectivity index (χ1) is 6.04. The summed E-state index contributed by atoms with van der Waals surface area (Å²) in [6, 6.07) is -0.437. The normalized spacial score (nSPS) is 12.3. The number of rotatable bonds is 4. The monoisotopic (exact) mass is 182 g/mol. The summed E-state index contributed by atoms with van der Waals surface area (Å²) in [6.45, 7) is 6.69. The third-order valence-corrected chi connectivity index (χ3v) is 1.98. The Morgan fingerprint density at radius 2 is 2.15 bits per heavy atom. The Balaban J connectivity index is 4.29. The summed E-state index contributed by atoms with van der Waals surface area (Å²) in [7, 11) is 0. The van der Waals surface area contributed by atoms with Gasteiger partial charge in [0.2, 0.25) is 5.91 Å². The number of likely N-dealkylation sites (N-methyl/N-ethyl adjacent to an activating group) is 1. The molecule has 0 saturated heterocycles. The van der Waals surface area contributed by atoms with Crippen molar-refractivity contribution in [2.75, 3.05) is 13.1 Å². The van der Waals surface area contributed by atoms with Crippen LogP contribution in [-0.2, 0) is 4.79 Å². The lowest BCUT2D eigenvalue weighted by Gasteiger charge is -2.24. The Morgan fingerprint density at radius 3 is 2.46 bits per heavy atom. The molecule has 0 aliphatic rings. The van der Waals surface area contributed by atoms with E-state index in [0.29, 0.717) is 13.1 Å². The molecule has 0 bridgehead atoms. The third kappa shape index (κ3) is 3.47. The first kappa shape index (κ1) is 12.0. The van der Waals surface area contributed by atoms with E-state index in [1.54, 1.807) is 4.90 Å². The molecule has 1 amide bonds. The van der Waals surface area contributed by atoms with Crippen LogP contribution in [0.4, 0.5) is 0 Å². The molecule has 1 atom stereocenters. The fourth-order valence-corrected chi connectivity index (χ4v) is 0.952. The summed E-state index contributed by atoms with van der Waals surface area (Å²) in [4.78, 5) is 13.2. The Kier molecular flexibility index (Phi) is 5.17. The van der Waals surface area contributed by atoms with Gasteiger partial charge >= 0.3 is 0 Å². The highest BCUT2D eigenvalue weighted by Crippen LogP contribution is 2.02. The Hall–Kier alpha value is -1.01. The molecule has 0 spiro atoms. The third-order valence-electron chi connectivity index (χ3n) is 1.98. The molecule has 0 saturated carbocycles. The average Bonchev–Trinajstić information content (AvgIpc) is 2.11. The molecule has 0 rings (SSSR count). The van der Waals surface area contributed by atoms with Crippen LogP contribution in [0.3, 0.4) is 0 Å². The van der Waals surface area contributed by atoms with E-state index in [4.69, 9.17) is 12.2 Å². The van der Waals surface area contributed by atoms with Crippen molar-refractivity contribution in [3.63, 3.8) is 0 Å². The van der Waals surface area contributed by atoms with E-state index in [0.717, 1.165) is 0 Å². The van der Waals surface area contributed by atoms with Crippen LogP contribution in [0.5, 0.6) is 0 Å². The molecule has 0 aliphatic heterocycles. The van der Waals surface area contributed by atoms with Crippen molar-refractivity contribution in [1.29, 1.82) is 0 Å². The number of terminal acetylenes is 1. The highest BCUT2D eigenvalue weighted by Gasteiger charge is 2.21. The lowest BCUT2D eigenvalue weighted by Crippen LogP contribution is -2.46. The molecule has 0 aliphatic carbocycles. The highest BCUT2D eigenvalue weighted by atomic mass is 16.2. The Morgan fingerprint density at radius 1 is 1.62 bits per heavy atom. The minimum absolute atomic E-state index is 0.0598. The lowest BCUT2D eigenvalue weighted by molar-refractivity contribution is -0.132. The molecule has 3 heteroatoms. The zero-order valence-electron chi connectivity index (χ0n) is 8.58. The van der Waals surface area contributed by atoms with Crippen LogP contribution < -0.4 is 5.73 Å². The average molecular weight is 182 g/mol. The topological polar surface area (TPSA) is 46.3 Å². The maximum absolute atomic E-state index is 11.6. The zero-order chi connectivity index (χ0) is 10.4. The Bertz CT molecular complexity index is 205. The minimum Gasteiger partial charge on any atom is -0.330 e. The van der Waals surface area contributed by atoms with E-state index in [2.05, 4.69) is 5.92 Å². The van der Waals surface area contributed by atoms with Gasteiger partial charge in [0.25, 0.3) is 0 Å². The van der Waals surface area contributed by atoms with Crippen molar-refractivity contribution in [2.24, 2.45) is 11.7 Å². The van der Waals surface area contributed by atoms with Gasteiger partial charge < -0.3 is 10.6 Å². The smallest absolute Gasteiger partial charge is 0.240 e. The molecule has 74 valence electrons. The molecule has 0 heterocycles. The van der Waals surface area contributed by atoms with Crippen molar-refractivity contribution in [3.8, 4) is 12.3 Å². The van der Waals surface area contributed by atoms with Gasteiger partial charge in [-0.15, -0.1) is 6.42 Å². The van der Waals surface area contributed by atoms with Crippen molar-refractivity contribution < 1.29 is 4.79 Å². The van der Waals surface area contributed by atoms with Gasteiger partial charge in [-0.1, -0.05) is 19.8 Å². The second kappa shape index (κ2) is 5.60. The lowest BCUT2D eigenvalue weighted by atomic mass is 10.0. The second-order valence-electron chi connectivity index (χ2n) is 3.33. The summed E-state index contributed by atoms with van der Waals surface area (Å²) >= 11 is 0. The van der Waals surface area contributed by atoms with Crippen LogP contribution in [-0.4, -0.2) is 29.9 Å². The number of nitrogens with zero attached hydrogens (tertiary/aromatic N) is 1. The summed E-state index contributed by atoms with van der Waals surface area (Å²) in [5.74, 6) is 2.54. The van der Waals surface area contributed by atoms with Crippen molar-refractivity contribution in [2.45, 2.75) is 26.8 Å². The molecule has 0 radical (unpaired) electrons. The molecule has 13 heavy (non-hydrogen) atoms. The van der Waals surface area contributed by atoms with Gasteiger partial charge in [0.15, 0.2) is 0 Å². The van der Waals surface area contributed by atoms with E-state index in [1.807, 2.05) is 20.8 Å². The van der Waals surface area contributed by atoms with Gasteiger partial charge in [0.1, 0.15) is 0 Å². The predicted molar refractivity (Wildman–Crippen MR) is 53.9 cm³/mol. The number of hydrogen-bond acceptors (Lipinski definition) is 2. The fourth-order valence-electron chi connectivity index (χ4n) is 0.952. The van der Waals surface area contributed by atoms with Crippen molar-refractivity contribution in [1.82, 2.24) is 4.90 Å². The first-order valence-corrected chi connectivity index (χ1v) is 4.52. The number of amides is 1. The van der Waals surface area contributed by atoms with E-state index >= 15 is 0 Å². The van der Waals surface area contributed by atoms with Crippen LogP contribution in [0, 0.1) is 18.3 Å². The van der Waals surface area contributed by atoms with Gasteiger partial charge in [0.05, 0.1) is 12.6 Å². The largest absolute Gasteiger partial charge is 0.330 e. The van der Waals surface area contributed by atoms with Crippen LogP contribution in [0.2, 0.25) is 0 Å². The molecule has 3 nitrogen and oxygen atoms in total. The molecule has 2 N–H and O–H groups in total. The maximum Gasteiger partial charge on any atom is 0.240 e. The van der Waals surface area contributed by atoms with Crippen molar-refractivity contribution >= 4 is 5.91 Å². The van der Waals surface area contributed by atoms with Crippen LogP contribution in [0.15, 0.2) is 0 Å². The first-order valence-electron chi connectivity index (χ1n) is 4.52. The van der Waals surface area contributed by atoms with Crippen LogP contribution in [0.25, 0.3) is 0 Å². The van der Waals surface area contributed by atoms with Gasteiger partial charge in [-0.05, 0) is 12.8 Å². The highest BCUT2D eigenvalue weighted by molar-refractivity contribution is 5.82. The van der Waals surface area contributed by atoms with Gasteiger partial charge in [0, 0.05) is 6.54 Å². The number of carbonyl (C=O) groups excluding carboxylic acids is 1. The van der Waals surface area contributed by atoms with Crippen LogP contribution >= 0.6 is 0 Å². The molecule has 0 unspecified atom stereocenters. The van der Waals surface area contributed by atoms with Crippen molar-refractivity contribution in [3.05, 3.63) is 0 Å². The Labute approximate surface area is 80.3 Å². The minimum atomic E-state index is -0.437. The van der Waals surface area contributed by atoms with E-state index in [1.165, 1.54) is 0 Å². The van der Waals surface area contributed by atoms with Gasteiger partial charge in [-0.25, -0.2) is 0 Å². The van der Waals surface area contributed by atoms with E-state index < -0.39 is 6.04 Å². The fraction of sp³-hybridized carbons (Fsp3) is 0.700. The number of nitrogens with two attached hydrogens (primary N) is 1. The molecule has 0 fully saturated rings. The summed E-state index contributed by atoms with van der Waals surface area (Å²) in [6.07, 6.45) is 5.13. The zero-order valence-corrected chi connectivity index (χ0v) is 8.58. The molecular weight excluding hydrogens is 164 g/mol. The summed E-state index contributed by atoms with van der Waals surface area (Å²) in [5.41, 5.74) is 5.71. The van der Waals surface area contributed by atoms with Gasteiger partial charge in [-0.2, -0.15) is 0 Å². The maximum atomic E-state index is 11.6. The van der Waals surface area contributed by atoms with E-state index in [9.17, 15) is 4.79 Å². The standard InChI is InChI=1S/C10H18N2O/c1-5-7-12(6-2)10(13)9(11)8(3)4/h1,8-9H,6-7,11H2,2-4H3/t9-/m0/s1. The van der Waals surface area contributed by atoms with E-state index in [-0.39, 0.29) is 11.8 Å². The SMILES string of the molecule is C#CCN(CC)C(=O)[C@@H](N)C(C)C. The molecule has 0 aromatic carbocycles. The quantitative estimate of drug-likeness (QED) is 0.642. The number of hydrogen-bond donors (Lipinski definition) is 1. The van der Waals surface area contributed by atoms with Gasteiger partial charge in [-0.3, -0.25) is 4.79 Å². The second-order valence-corrected chi connectivity index (χ2v) is 3.33. The summed E-state index contributed by atoms with van der Waals surface area (Å²) in [5, 5.41) is 0. The predicted octanol–water partition coefficient (Wildman–Crippen LogP) is 0.451.